The van der Waals surface area contributed by atoms with Gasteiger partial charge in [0, 0.05) is 55.8 Å². The molecule has 2 heterocycles. The predicted molar refractivity (Wildman–Crippen MR) is 164 cm³/mol. The van der Waals surface area contributed by atoms with E-state index in [0.717, 1.165) is 55.6 Å². The number of thiophene rings is 1. The van der Waals surface area contributed by atoms with E-state index in [1.807, 2.05) is 27.7 Å². The van der Waals surface area contributed by atoms with Gasteiger partial charge in [0.1, 0.15) is 5.00 Å². The van der Waals surface area contributed by atoms with Crippen molar-refractivity contribution in [1.29, 1.82) is 0 Å². The van der Waals surface area contributed by atoms with Crippen LogP contribution in [0.4, 0.5) is 5.00 Å². The van der Waals surface area contributed by atoms with Crippen LogP contribution in [0.15, 0.2) is 29.2 Å². The van der Waals surface area contributed by atoms with E-state index in [0.29, 0.717) is 48.3 Å². The highest BCUT2D eigenvalue weighted by atomic mass is 32.2. The highest BCUT2D eigenvalue weighted by Gasteiger charge is 2.31. The monoisotopic (exact) mass is 590 g/mol. The van der Waals surface area contributed by atoms with Crippen LogP contribution in [0.1, 0.15) is 98.4 Å². The third kappa shape index (κ3) is 7.32. The molecule has 8 nitrogen and oxygen atoms in total. The molecular weight excluding hydrogens is 544 g/mol. The van der Waals surface area contributed by atoms with Gasteiger partial charge in [-0.15, -0.1) is 11.3 Å². The third-order valence-electron chi connectivity index (χ3n) is 7.58. The third-order valence-corrected chi connectivity index (χ3v) is 10.6. The van der Waals surface area contributed by atoms with E-state index in [4.69, 9.17) is 0 Å². The van der Waals surface area contributed by atoms with Crippen LogP contribution >= 0.6 is 11.3 Å². The minimum Gasteiger partial charge on any atom is -0.339 e. The van der Waals surface area contributed by atoms with Gasteiger partial charge in [0.2, 0.25) is 10.0 Å². The topological polar surface area (TPSA) is 90.0 Å². The zero-order chi connectivity index (χ0) is 29.4. The number of fused-ring (bicyclic) bond motifs is 1. The van der Waals surface area contributed by atoms with E-state index in [1.165, 1.54) is 23.5 Å². The molecule has 1 aromatic carbocycles. The van der Waals surface area contributed by atoms with Gasteiger partial charge >= 0.3 is 0 Å². The van der Waals surface area contributed by atoms with Gasteiger partial charge < -0.3 is 10.2 Å². The molecule has 0 spiro atoms. The molecule has 1 N–H and O–H groups in total. The predicted octanol–water partition coefficient (Wildman–Crippen LogP) is 5.84. The van der Waals surface area contributed by atoms with Crippen LogP contribution in [0, 0.1) is 0 Å². The van der Waals surface area contributed by atoms with Gasteiger partial charge in [0.25, 0.3) is 11.8 Å². The second kappa shape index (κ2) is 14.6. The van der Waals surface area contributed by atoms with Gasteiger partial charge in [-0.05, 0) is 76.8 Å². The van der Waals surface area contributed by atoms with Crippen LogP contribution in [0.5, 0.6) is 0 Å². The highest BCUT2D eigenvalue weighted by molar-refractivity contribution is 7.89. The Balaban J connectivity index is 1.88. The molecule has 0 bridgehead atoms. The number of hydrogen-bond donors (Lipinski definition) is 1. The summed E-state index contributed by atoms with van der Waals surface area (Å²) < 4.78 is 28.2. The van der Waals surface area contributed by atoms with Crippen molar-refractivity contribution in [2.24, 2.45) is 0 Å². The first-order valence-corrected chi connectivity index (χ1v) is 16.9. The van der Waals surface area contributed by atoms with Crippen molar-refractivity contribution < 1.29 is 18.0 Å². The van der Waals surface area contributed by atoms with Gasteiger partial charge in [0.15, 0.2) is 0 Å². The largest absolute Gasteiger partial charge is 0.339 e. The maximum atomic E-state index is 13.6. The standard InChI is InChI=1S/C30H46N4O4S2/c1-7-11-18-34(19-12-8-2)40(37,38)24-15-13-23(14-16-24)28(35)31-29-27(30(36)32(9-3)10-4)25-17-20-33(22(5)6)21-26(25)39-29/h13-16,22H,7-12,17-21H2,1-6H3,(H,31,35). The molecular formula is C30H46N4O4S2. The molecule has 0 saturated carbocycles. The average Bonchev–Trinajstić information content (AvgIpc) is 3.30. The Bertz CT molecular complexity index is 1240. The summed E-state index contributed by atoms with van der Waals surface area (Å²) in [5, 5.41) is 3.57. The van der Waals surface area contributed by atoms with E-state index in [9.17, 15) is 18.0 Å². The van der Waals surface area contributed by atoms with Crippen molar-refractivity contribution in [1.82, 2.24) is 14.1 Å². The maximum Gasteiger partial charge on any atom is 0.257 e. The lowest BCUT2D eigenvalue weighted by Crippen LogP contribution is -2.36. The molecule has 2 amide bonds. The van der Waals surface area contributed by atoms with E-state index in [2.05, 4.69) is 24.1 Å². The number of sulfonamides is 1. The highest BCUT2D eigenvalue weighted by Crippen LogP contribution is 2.38. The van der Waals surface area contributed by atoms with Gasteiger partial charge in [-0.3, -0.25) is 14.5 Å². The Hall–Kier alpha value is -2.27. The van der Waals surface area contributed by atoms with Crippen molar-refractivity contribution >= 4 is 38.2 Å². The molecule has 0 saturated heterocycles. The molecule has 0 unspecified atom stereocenters. The summed E-state index contributed by atoms with van der Waals surface area (Å²) in [7, 11) is -3.65. The van der Waals surface area contributed by atoms with Crippen LogP contribution < -0.4 is 5.32 Å². The first kappa shape index (κ1) is 32.2. The van der Waals surface area contributed by atoms with Crippen molar-refractivity contribution in [2.45, 2.75) is 91.1 Å². The van der Waals surface area contributed by atoms with E-state index < -0.39 is 10.0 Å². The number of benzene rings is 1. The smallest absolute Gasteiger partial charge is 0.257 e. The fourth-order valence-electron chi connectivity index (χ4n) is 4.97. The molecule has 0 radical (unpaired) electrons. The minimum atomic E-state index is -3.65. The Morgan fingerprint density at radius 1 is 1.00 bits per heavy atom. The summed E-state index contributed by atoms with van der Waals surface area (Å²) >= 11 is 1.48. The number of unbranched alkanes of at least 4 members (excludes halogenated alkanes) is 2. The van der Waals surface area contributed by atoms with Crippen LogP contribution in [0.25, 0.3) is 0 Å². The van der Waals surface area contributed by atoms with E-state index in [-0.39, 0.29) is 16.7 Å². The second-order valence-electron chi connectivity index (χ2n) is 10.6. The summed E-state index contributed by atoms with van der Waals surface area (Å²) in [5.74, 6) is -0.415. The van der Waals surface area contributed by atoms with E-state index in [1.54, 1.807) is 21.3 Å². The summed E-state index contributed by atoms with van der Waals surface area (Å²) in [6.45, 7) is 16.1. The fraction of sp³-hybridized carbons (Fsp3) is 0.600. The zero-order valence-corrected chi connectivity index (χ0v) is 26.6. The molecule has 2 aromatic rings. The Morgan fingerprint density at radius 3 is 2.12 bits per heavy atom. The Labute approximate surface area is 244 Å². The minimum absolute atomic E-state index is 0.0588. The lowest BCUT2D eigenvalue weighted by molar-refractivity contribution is 0.0772. The maximum absolute atomic E-state index is 13.6. The Morgan fingerprint density at radius 2 is 1.60 bits per heavy atom. The lowest BCUT2D eigenvalue weighted by atomic mass is 10.0. The molecule has 1 aliphatic heterocycles. The van der Waals surface area contributed by atoms with Crippen LogP contribution in [-0.4, -0.2) is 73.1 Å². The summed E-state index contributed by atoms with van der Waals surface area (Å²) in [6, 6.07) is 6.53. The summed E-state index contributed by atoms with van der Waals surface area (Å²) in [6.07, 6.45) is 4.20. The molecule has 222 valence electrons. The Kier molecular flexibility index (Phi) is 11.7. The number of hydrogen-bond acceptors (Lipinski definition) is 6. The van der Waals surface area contributed by atoms with Gasteiger partial charge in [-0.2, -0.15) is 4.31 Å². The molecule has 0 atom stereocenters. The van der Waals surface area contributed by atoms with Gasteiger partial charge in [0.05, 0.1) is 10.5 Å². The van der Waals surface area contributed by atoms with Crippen LogP contribution in [-0.2, 0) is 23.0 Å². The van der Waals surface area contributed by atoms with E-state index >= 15 is 0 Å². The van der Waals surface area contributed by atoms with Crippen LogP contribution in [0.3, 0.4) is 0 Å². The SMILES string of the molecule is CCCCN(CCCC)S(=O)(=O)c1ccc(C(=O)Nc2sc3c(c2C(=O)N(CC)CC)CCN(C(C)C)C3)cc1. The number of carbonyl (C=O) groups is 2. The molecule has 1 aliphatic rings. The number of amides is 2. The molecule has 40 heavy (non-hydrogen) atoms. The van der Waals surface area contributed by atoms with Crippen molar-refractivity contribution in [3.8, 4) is 0 Å². The fourth-order valence-corrected chi connectivity index (χ4v) is 7.75. The van der Waals surface area contributed by atoms with Crippen molar-refractivity contribution in [2.75, 3.05) is 38.0 Å². The number of nitrogens with zero attached hydrogens (tertiary/aromatic N) is 3. The van der Waals surface area contributed by atoms with Crippen molar-refractivity contribution in [3.63, 3.8) is 0 Å². The van der Waals surface area contributed by atoms with Crippen molar-refractivity contribution in [3.05, 3.63) is 45.8 Å². The number of nitrogens with one attached hydrogen (secondary N) is 1. The average molecular weight is 591 g/mol. The van der Waals surface area contributed by atoms with Crippen LogP contribution in [0.2, 0.25) is 0 Å². The molecule has 10 heteroatoms. The number of anilines is 1. The van der Waals surface area contributed by atoms with Gasteiger partial charge in [-0.25, -0.2) is 8.42 Å². The summed E-state index contributed by atoms with van der Waals surface area (Å²) in [4.78, 5) is 32.4. The molecule has 0 aliphatic carbocycles. The summed E-state index contributed by atoms with van der Waals surface area (Å²) in [5.41, 5.74) is 1.99. The first-order valence-electron chi connectivity index (χ1n) is 14.7. The first-order chi connectivity index (χ1) is 19.1. The quantitative estimate of drug-likeness (QED) is 0.299. The van der Waals surface area contributed by atoms with Gasteiger partial charge in [-0.1, -0.05) is 26.7 Å². The molecule has 0 fully saturated rings. The second-order valence-corrected chi connectivity index (χ2v) is 13.6. The molecule has 1 aromatic heterocycles. The zero-order valence-electron chi connectivity index (χ0n) is 25.0. The normalized spacial score (nSPS) is 14.0. The number of carbonyl (C=O) groups excluding carboxylic acids is 2. The lowest BCUT2D eigenvalue weighted by Gasteiger charge is -2.30. The number of rotatable bonds is 14. The molecule has 3 rings (SSSR count).